The van der Waals surface area contributed by atoms with Crippen molar-refractivity contribution in [2.24, 2.45) is 0 Å². The second kappa shape index (κ2) is 9.80. The molecule has 0 spiro atoms. The van der Waals surface area contributed by atoms with Crippen LogP contribution in [0, 0.1) is 24.7 Å². The third-order valence-electron chi connectivity index (χ3n) is 2.74. The fraction of sp³-hybridized carbons (Fsp3) is 0.500. The molecule has 0 unspecified atom stereocenters. The van der Waals surface area contributed by atoms with Gasteiger partial charge in [0.1, 0.15) is 0 Å². The summed E-state index contributed by atoms with van der Waals surface area (Å²) >= 11 is 0. The molecule has 1 heterocycles. The Balaban J connectivity index is 0.000000382. The molecule has 1 aromatic rings. The number of aromatic nitrogens is 2. The molecule has 1 aromatic heterocycles. The zero-order valence-electron chi connectivity index (χ0n) is 13.9. The van der Waals surface area contributed by atoms with Gasteiger partial charge in [0.15, 0.2) is 0 Å². The topological polar surface area (TPSA) is 82.7 Å². The average molecular weight is 290 g/mol. The monoisotopic (exact) mass is 290 g/mol. The normalized spacial score (nSPS) is 10.5. The van der Waals surface area contributed by atoms with Crippen molar-refractivity contribution in [3.05, 3.63) is 29.2 Å². The van der Waals surface area contributed by atoms with Crippen LogP contribution >= 0.6 is 0 Å². The molecule has 1 rings (SSSR count). The standard InChI is InChI=1S/C9H16N2.C7H10N2O/c1-4-8(6-7(3)10)9(11)5-2;1-5-4-8-6(2)7(9-5)10-3/h6,10-11H,4-5H2,1-3H3;4H,1-3H3/b8-6-,10-7?,11-9?;. The number of aryl methyl sites for hydroxylation is 2. The first-order chi connectivity index (χ1) is 9.85. The maximum Gasteiger partial charge on any atom is 0.235 e. The van der Waals surface area contributed by atoms with Crippen LogP contribution in [0.3, 0.4) is 0 Å². The molecule has 21 heavy (non-hydrogen) atoms. The fourth-order valence-electron chi connectivity index (χ4n) is 1.60. The summed E-state index contributed by atoms with van der Waals surface area (Å²) in [6, 6.07) is 0. The minimum absolute atomic E-state index is 0.528. The van der Waals surface area contributed by atoms with Crippen LogP contribution in [0.4, 0.5) is 0 Å². The summed E-state index contributed by atoms with van der Waals surface area (Å²) < 4.78 is 4.95. The molecule has 2 N–H and O–H groups in total. The summed E-state index contributed by atoms with van der Waals surface area (Å²) in [4.78, 5) is 8.17. The van der Waals surface area contributed by atoms with Gasteiger partial charge in [-0.15, -0.1) is 0 Å². The highest BCUT2D eigenvalue weighted by molar-refractivity contribution is 6.04. The van der Waals surface area contributed by atoms with Crippen LogP contribution in [0.2, 0.25) is 0 Å². The summed E-state index contributed by atoms with van der Waals surface area (Å²) in [5.41, 5.74) is 3.87. The highest BCUT2D eigenvalue weighted by Crippen LogP contribution is 2.09. The number of ether oxygens (including phenoxy) is 1. The van der Waals surface area contributed by atoms with Crippen molar-refractivity contribution in [3.63, 3.8) is 0 Å². The van der Waals surface area contributed by atoms with Crippen LogP contribution < -0.4 is 4.74 Å². The SMILES string of the molecule is CCC(=N)/C(=C\C(C)=N)CC.COc1nc(C)cnc1C. The molecule has 0 aliphatic carbocycles. The first-order valence-electron chi connectivity index (χ1n) is 7.03. The minimum atomic E-state index is 0.528. The highest BCUT2D eigenvalue weighted by Gasteiger charge is 1.99. The lowest BCUT2D eigenvalue weighted by Gasteiger charge is -2.02. The maximum absolute atomic E-state index is 7.52. The van der Waals surface area contributed by atoms with Gasteiger partial charge in [-0.3, -0.25) is 4.98 Å². The molecule has 0 saturated heterocycles. The predicted octanol–water partition coefficient (Wildman–Crippen LogP) is 3.89. The van der Waals surface area contributed by atoms with E-state index in [0.717, 1.165) is 29.8 Å². The van der Waals surface area contributed by atoms with E-state index in [2.05, 4.69) is 9.97 Å². The van der Waals surface area contributed by atoms with Gasteiger partial charge in [0, 0.05) is 17.6 Å². The number of allylic oxidation sites excluding steroid dienone is 2. The van der Waals surface area contributed by atoms with Gasteiger partial charge in [0.2, 0.25) is 5.88 Å². The Labute approximate surface area is 127 Å². The van der Waals surface area contributed by atoms with Crippen LogP contribution in [0.15, 0.2) is 17.8 Å². The second-order valence-electron chi connectivity index (χ2n) is 4.64. The summed E-state index contributed by atoms with van der Waals surface area (Å²) in [7, 11) is 1.59. The number of rotatable bonds is 5. The number of nitrogens with one attached hydrogen (secondary N) is 2. The Kier molecular flexibility index (Phi) is 8.85. The zero-order chi connectivity index (χ0) is 16.4. The van der Waals surface area contributed by atoms with E-state index >= 15 is 0 Å². The molecule has 116 valence electrons. The van der Waals surface area contributed by atoms with E-state index in [1.807, 2.05) is 27.7 Å². The first-order valence-corrected chi connectivity index (χ1v) is 7.03. The molecule has 0 saturated carbocycles. The number of nitrogens with zero attached hydrogens (tertiary/aromatic N) is 2. The molecule has 5 heteroatoms. The van der Waals surface area contributed by atoms with Crippen LogP contribution in [0.25, 0.3) is 0 Å². The Morgan fingerprint density at radius 2 is 1.86 bits per heavy atom. The lowest BCUT2D eigenvalue weighted by Crippen LogP contribution is -2.00. The lowest BCUT2D eigenvalue weighted by molar-refractivity contribution is 0.390. The molecule has 0 radical (unpaired) electrons. The van der Waals surface area contributed by atoms with E-state index in [1.54, 1.807) is 26.3 Å². The highest BCUT2D eigenvalue weighted by atomic mass is 16.5. The van der Waals surface area contributed by atoms with Crippen molar-refractivity contribution in [2.45, 2.75) is 47.5 Å². The van der Waals surface area contributed by atoms with Gasteiger partial charge in [-0.2, -0.15) is 0 Å². The summed E-state index contributed by atoms with van der Waals surface area (Å²) in [6.45, 7) is 9.46. The van der Waals surface area contributed by atoms with Crippen LogP contribution in [0.5, 0.6) is 5.88 Å². The third-order valence-corrected chi connectivity index (χ3v) is 2.74. The van der Waals surface area contributed by atoms with Crippen molar-refractivity contribution in [1.29, 1.82) is 10.8 Å². The number of hydrogen-bond donors (Lipinski definition) is 2. The molecule has 5 nitrogen and oxygen atoms in total. The fourth-order valence-corrected chi connectivity index (χ4v) is 1.60. The van der Waals surface area contributed by atoms with Crippen molar-refractivity contribution in [1.82, 2.24) is 9.97 Å². The average Bonchev–Trinajstić information content (AvgIpc) is 2.46. The van der Waals surface area contributed by atoms with Gasteiger partial charge < -0.3 is 15.6 Å². The van der Waals surface area contributed by atoms with Gasteiger partial charge >= 0.3 is 0 Å². The smallest absolute Gasteiger partial charge is 0.235 e. The third kappa shape index (κ3) is 7.34. The van der Waals surface area contributed by atoms with Crippen LogP contribution in [0.1, 0.15) is 45.0 Å². The molecular formula is C16H26N4O. The van der Waals surface area contributed by atoms with Crippen molar-refractivity contribution < 1.29 is 4.74 Å². The van der Waals surface area contributed by atoms with E-state index in [-0.39, 0.29) is 0 Å². The summed E-state index contributed by atoms with van der Waals surface area (Å²) in [5, 5.41) is 14.7. The summed E-state index contributed by atoms with van der Waals surface area (Å²) in [5.74, 6) is 0.611. The van der Waals surface area contributed by atoms with Crippen molar-refractivity contribution >= 4 is 11.4 Å². The largest absolute Gasteiger partial charge is 0.480 e. The molecule has 0 aliphatic heterocycles. The van der Waals surface area contributed by atoms with Gasteiger partial charge in [0.05, 0.1) is 18.5 Å². The second-order valence-corrected chi connectivity index (χ2v) is 4.64. The van der Waals surface area contributed by atoms with Crippen LogP contribution in [-0.2, 0) is 0 Å². The van der Waals surface area contributed by atoms with E-state index in [0.29, 0.717) is 17.3 Å². The molecule has 0 fully saturated rings. The van der Waals surface area contributed by atoms with Gasteiger partial charge in [-0.25, -0.2) is 4.98 Å². The quantitative estimate of drug-likeness (QED) is 0.807. The first kappa shape index (κ1) is 19.0. The molecule has 0 aromatic carbocycles. The molecular weight excluding hydrogens is 264 g/mol. The maximum atomic E-state index is 7.52. The van der Waals surface area contributed by atoms with E-state index in [4.69, 9.17) is 15.6 Å². The molecule has 0 amide bonds. The molecule has 0 bridgehead atoms. The van der Waals surface area contributed by atoms with Gasteiger partial charge in [-0.1, -0.05) is 13.8 Å². The number of hydrogen-bond acceptors (Lipinski definition) is 5. The van der Waals surface area contributed by atoms with Gasteiger partial charge in [0.25, 0.3) is 0 Å². The van der Waals surface area contributed by atoms with E-state index < -0.39 is 0 Å². The van der Waals surface area contributed by atoms with Crippen molar-refractivity contribution in [3.8, 4) is 5.88 Å². The zero-order valence-corrected chi connectivity index (χ0v) is 13.9. The van der Waals surface area contributed by atoms with E-state index in [1.165, 1.54) is 0 Å². The Hall–Kier alpha value is -2.04. The van der Waals surface area contributed by atoms with Gasteiger partial charge in [-0.05, 0) is 45.3 Å². The van der Waals surface area contributed by atoms with Crippen molar-refractivity contribution in [2.75, 3.05) is 7.11 Å². The van der Waals surface area contributed by atoms with E-state index in [9.17, 15) is 0 Å². The van der Waals surface area contributed by atoms with Crippen LogP contribution in [-0.4, -0.2) is 28.5 Å². The Morgan fingerprint density at radius 1 is 1.24 bits per heavy atom. The minimum Gasteiger partial charge on any atom is -0.480 e. The predicted molar refractivity (Wildman–Crippen MR) is 87.9 cm³/mol. The molecule has 0 aliphatic rings. The summed E-state index contributed by atoms with van der Waals surface area (Å²) in [6.07, 6.45) is 5.10. The lowest BCUT2D eigenvalue weighted by atomic mass is 10.0. The number of methoxy groups -OCH3 is 1. The Morgan fingerprint density at radius 3 is 2.24 bits per heavy atom. The Bertz CT molecular complexity index is 521. The molecule has 0 atom stereocenters.